The number of ether oxygens (including phenoxy) is 3. The Bertz CT molecular complexity index is 749. The van der Waals surface area contributed by atoms with Gasteiger partial charge in [0.25, 0.3) is 0 Å². The second kappa shape index (κ2) is 9.97. The highest BCUT2D eigenvalue weighted by atomic mass is 32.2. The molecule has 0 saturated heterocycles. The van der Waals surface area contributed by atoms with Crippen LogP contribution in [0, 0.1) is 6.92 Å². The summed E-state index contributed by atoms with van der Waals surface area (Å²) < 4.78 is 16.2. The molecule has 140 valence electrons. The molecule has 0 atom stereocenters. The zero-order valence-electron chi connectivity index (χ0n) is 15.6. The normalized spacial score (nSPS) is 10.3. The summed E-state index contributed by atoms with van der Waals surface area (Å²) in [5.41, 5.74) is 2.93. The Balaban J connectivity index is 1.93. The summed E-state index contributed by atoms with van der Waals surface area (Å²) in [5.74, 6) is 3.11. The Morgan fingerprint density at radius 3 is 2.46 bits per heavy atom. The van der Waals surface area contributed by atoms with Crippen LogP contribution in [0.5, 0.6) is 17.2 Å². The number of benzene rings is 2. The summed E-state index contributed by atoms with van der Waals surface area (Å²) in [4.78, 5) is 12.2. The van der Waals surface area contributed by atoms with Gasteiger partial charge in [-0.05, 0) is 49.2 Å². The molecule has 0 aromatic heterocycles. The summed E-state index contributed by atoms with van der Waals surface area (Å²) in [6, 6.07) is 11.4. The molecule has 0 heterocycles. The quantitative estimate of drug-likeness (QED) is 0.709. The lowest BCUT2D eigenvalue weighted by atomic mass is 10.1. The van der Waals surface area contributed by atoms with Crippen molar-refractivity contribution in [3.05, 3.63) is 47.5 Å². The third-order valence-electron chi connectivity index (χ3n) is 3.79. The third kappa shape index (κ3) is 5.33. The van der Waals surface area contributed by atoms with Crippen molar-refractivity contribution in [3.8, 4) is 17.2 Å². The molecule has 0 radical (unpaired) electrons. The summed E-state index contributed by atoms with van der Waals surface area (Å²) in [7, 11) is 3.24. The van der Waals surface area contributed by atoms with Crippen LogP contribution in [0.15, 0.2) is 36.4 Å². The maximum absolute atomic E-state index is 12.2. The Morgan fingerprint density at radius 1 is 1.08 bits per heavy atom. The predicted molar refractivity (Wildman–Crippen MR) is 107 cm³/mol. The molecule has 6 heteroatoms. The smallest absolute Gasteiger partial charge is 0.234 e. The van der Waals surface area contributed by atoms with Crippen LogP contribution in [0.3, 0.4) is 0 Å². The predicted octanol–water partition coefficient (Wildman–Crippen LogP) is 4.28. The van der Waals surface area contributed by atoms with Crippen LogP contribution in [-0.2, 0) is 10.5 Å². The minimum atomic E-state index is -0.0553. The van der Waals surface area contributed by atoms with Gasteiger partial charge in [0.05, 0.1) is 32.3 Å². The van der Waals surface area contributed by atoms with E-state index in [4.69, 9.17) is 14.2 Å². The number of nitrogens with one attached hydrogen (secondary N) is 1. The number of anilines is 1. The number of carbonyl (C=O) groups excluding carboxylic acids is 1. The summed E-state index contributed by atoms with van der Waals surface area (Å²) >= 11 is 1.55. The maximum Gasteiger partial charge on any atom is 0.234 e. The Morgan fingerprint density at radius 2 is 1.77 bits per heavy atom. The first-order chi connectivity index (χ1) is 12.6. The number of para-hydroxylation sites is 2. The standard InChI is InChI=1S/C20H25NO4S/c1-5-25-17-9-7-6-8-16(17)21-20(22)13-26-12-15-11-19(24-4)18(23-3)10-14(15)2/h6-11H,5,12-13H2,1-4H3,(H,21,22). The molecule has 0 aliphatic carbocycles. The van der Waals surface area contributed by atoms with Gasteiger partial charge in [-0.1, -0.05) is 12.1 Å². The van der Waals surface area contributed by atoms with Crippen LogP contribution < -0.4 is 19.5 Å². The maximum atomic E-state index is 12.2. The van der Waals surface area contributed by atoms with E-state index in [0.29, 0.717) is 41.0 Å². The Kier molecular flexibility index (Phi) is 7.66. The van der Waals surface area contributed by atoms with Crippen molar-refractivity contribution in [1.82, 2.24) is 0 Å². The van der Waals surface area contributed by atoms with E-state index in [9.17, 15) is 4.79 Å². The van der Waals surface area contributed by atoms with Crippen molar-refractivity contribution >= 4 is 23.4 Å². The molecule has 2 rings (SSSR count). The number of rotatable bonds is 9. The molecule has 2 aromatic carbocycles. The Labute approximate surface area is 159 Å². The average molecular weight is 375 g/mol. The van der Waals surface area contributed by atoms with Gasteiger partial charge in [-0.15, -0.1) is 11.8 Å². The second-order valence-corrected chi connectivity index (χ2v) is 6.59. The molecule has 0 aliphatic rings. The van der Waals surface area contributed by atoms with Gasteiger partial charge in [-0.25, -0.2) is 0 Å². The largest absolute Gasteiger partial charge is 0.493 e. The molecule has 5 nitrogen and oxygen atoms in total. The topological polar surface area (TPSA) is 56.8 Å². The van der Waals surface area contributed by atoms with E-state index in [2.05, 4.69) is 5.32 Å². The zero-order valence-corrected chi connectivity index (χ0v) is 16.4. The fraction of sp³-hybridized carbons (Fsp3) is 0.350. The van der Waals surface area contributed by atoms with Crippen LogP contribution in [0.25, 0.3) is 0 Å². The van der Waals surface area contributed by atoms with Gasteiger partial charge in [0.15, 0.2) is 11.5 Å². The highest BCUT2D eigenvalue weighted by Crippen LogP contribution is 2.32. The summed E-state index contributed by atoms with van der Waals surface area (Å²) in [5, 5.41) is 2.91. The third-order valence-corrected chi connectivity index (χ3v) is 4.78. The van der Waals surface area contributed by atoms with Crippen molar-refractivity contribution in [2.45, 2.75) is 19.6 Å². The fourth-order valence-electron chi connectivity index (χ4n) is 2.47. The number of amides is 1. The van der Waals surface area contributed by atoms with E-state index < -0.39 is 0 Å². The van der Waals surface area contributed by atoms with Gasteiger partial charge in [0, 0.05) is 5.75 Å². The van der Waals surface area contributed by atoms with Gasteiger partial charge in [0.1, 0.15) is 5.75 Å². The van der Waals surface area contributed by atoms with Gasteiger partial charge in [0.2, 0.25) is 5.91 Å². The molecule has 0 fully saturated rings. The van der Waals surface area contributed by atoms with Crippen molar-refractivity contribution in [2.24, 2.45) is 0 Å². The highest BCUT2D eigenvalue weighted by molar-refractivity contribution is 7.99. The van der Waals surface area contributed by atoms with E-state index in [0.717, 1.165) is 11.1 Å². The molecule has 0 unspecified atom stereocenters. The molecule has 26 heavy (non-hydrogen) atoms. The fourth-order valence-corrected chi connectivity index (χ4v) is 3.36. The van der Waals surface area contributed by atoms with Crippen molar-refractivity contribution in [3.63, 3.8) is 0 Å². The Hall–Kier alpha value is -2.34. The lowest BCUT2D eigenvalue weighted by Crippen LogP contribution is -2.15. The van der Waals surface area contributed by atoms with E-state index in [1.165, 1.54) is 0 Å². The first-order valence-electron chi connectivity index (χ1n) is 8.40. The number of methoxy groups -OCH3 is 2. The SMILES string of the molecule is CCOc1ccccc1NC(=O)CSCc1cc(OC)c(OC)cc1C. The molecule has 1 amide bonds. The van der Waals surface area contributed by atoms with Gasteiger partial charge in [-0.2, -0.15) is 0 Å². The molecular formula is C20H25NO4S. The molecule has 0 bridgehead atoms. The van der Waals surface area contributed by atoms with Gasteiger partial charge < -0.3 is 19.5 Å². The van der Waals surface area contributed by atoms with E-state index in [1.54, 1.807) is 26.0 Å². The molecular weight excluding hydrogens is 350 g/mol. The summed E-state index contributed by atoms with van der Waals surface area (Å²) in [6.07, 6.45) is 0. The number of aryl methyl sites for hydroxylation is 1. The monoisotopic (exact) mass is 375 g/mol. The van der Waals surface area contributed by atoms with E-state index in [-0.39, 0.29) is 5.91 Å². The zero-order chi connectivity index (χ0) is 18.9. The first kappa shape index (κ1) is 20.0. The van der Waals surface area contributed by atoms with E-state index in [1.807, 2.05) is 50.2 Å². The summed E-state index contributed by atoms with van der Waals surface area (Å²) in [6.45, 7) is 4.50. The van der Waals surface area contributed by atoms with Crippen LogP contribution in [0.1, 0.15) is 18.1 Å². The van der Waals surface area contributed by atoms with Crippen LogP contribution in [0.4, 0.5) is 5.69 Å². The molecule has 2 aromatic rings. The average Bonchev–Trinajstić information content (AvgIpc) is 2.64. The van der Waals surface area contributed by atoms with E-state index >= 15 is 0 Å². The van der Waals surface area contributed by atoms with Gasteiger partial charge >= 0.3 is 0 Å². The minimum Gasteiger partial charge on any atom is -0.493 e. The number of carbonyl (C=O) groups is 1. The van der Waals surface area contributed by atoms with Crippen LogP contribution in [-0.4, -0.2) is 32.5 Å². The number of thioether (sulfide) groups is 1. The molecule has 0 spiro atoms. The number of hydrogen-bond donors (Lipinski definition) is 1. The van der Waals surface area contributed by atoms with Crippen LogP contribution >= 0.6 is 11.8 Å². The molecule has 1 N–H and O–H groups in total. The lowest BCUT2D eigenvalue weighted by Gasteiger charge is -2.13. The second-order valence-electron chi connectivity index (χ2n) is 5.60. The van der Waals surface area contributed by atoms with Gasteiger partial charge in [-0.3, -0.25) is 4.79 Å². The molecule has 0 aliphatic heterocycles. The van der Waals surface area contributed by atoms with Crippen LogP contribution in [0.2, 0.25) is 0 Å². The van der Waals surface area contributed by atoms with Crippen molar-refractivity contribution < 1.29 is 19.0 Å². The first-order valence-corrected chi connectivity index (χ1v) is 9.55. The number of hydrogen-bond acceptors (Lipinski definition) is 5. The molecule has 0 saturated carbocycles. The lowest BCUT2D eigenvalue weighted by molar-refractivity contribution is -0.113. The highest BCUT2D eigenvalue weighted by Gasteiger charge is 2.11. The van der Waals surface area contributed by atoms with Crippen molar-refractivity contribution in [2.75, 3.05) is 31.9 Å². The minimum absolute atomic E-state index is 0.0553. The van der Waals surface area contributed by atoms with Crippen molar-refractivity contribution in [1.29, 1.82) is 0 Å².